The van der Waals surface area contributed by atoms with Crippen LogP contribution in [0.15, 0.2) is 30.3 Å². The molecule has 0 aromatic heterocycles. The van der Waals surface area contributed by atoms with Crippen LogP contribution in [-0.2, 0) is 0 Å². The average molecular weight is 333 g/mol. The lowest BCUT2D eigenvalue weighted by Gasteiger charge is -2.22. The lowest BCUT2D eigenvalue weighted by molar-refractivity contribution is 0.226. The maximum absolute atomic E-state index is 11.8. The van der Waals surface area contributed by atoms with Gasteiger partial charge in [0, 0.05) is 12.6 Å². The summed E-state index contributed by atoms with van der Waals surface area (Å²) in [6.45, 7) is 4.06. The number of rotatable bonds is 9. The molecule has 0 aliphatic heterocycles. The smallest absolute Gasteiger partial charge is 0.315 e. The third-order valence-corrected chi connectivity index (χ3v) is 4.30. The van der Waals surface area contributed by atoms with Crippen molar-refractivity contribution in [2.45, 2.75) is 57.5 Å². The van der Waals surface area contributed by atoms with Crippen LogP contribution in [0.25, 0.3) is 0 Å². The van der Waals surface area contributed by atoms with E-state index in [9.17, 15) is 4.79 Å². The van der Waals surface area contributed by atoms with E-state index in [-0.39, 0.29) is 12.1 Å². The van der Waals surface area contributed by atoms with E-state index in [1.807, 2.05) is 37.3 Å². The number of carbonyl (C=O) groups excluding carboxylic acids is 1. The Bertz CT molecular complexity index is 461. The Labute approximate surface area is 145 Å². The lowest BCUT2D eigenvalue weighted by atomic mass is 9.95. The molecule has 1 atom stereocenters. The summed E-state index contributed by atoms with van der Waals surface area (Å²) in [7, 11) is 0. The zero-order valence-corrected chi connectivity index (χ0v) is 14.7. The van der Waals surface area contributed by atoms with Gasteiger partial charge in [-0.2, -0.15) is 0 Å². The van der Waals surface area contributed by atoms with Crippen molar-refractivity contribution < 1.29 is 9.53 Å². The molecule has 1 fully saturated rings. The van der Waals surface area contributed by atoms with Gasteiger partial charge < -0.3 is 20.7 Å². The van der Waals surface area contributed by atoms with Crippen molar-refractivity contribution in [2.24, 2.45) is 0 Å². The van der Waals surface area contributed by atoms with E-state index in [0.717, 1.165) is 18.7 Å². The molecule has 1 unspecified atom stereocenters. The number of hydrogen-bond donors (Lipinski definition) is 3. The molecule has 0 bridgehead atoms. The first-order valence-electron chi connectivity index (χ1n) is 9.19. The lowest BCUT2D eigenvalue weighted by Crippen LogP contribution is -2.44. The van der Waals surface area contributed by atoms with E-state index < -0.39 is 0 Å². The number of hydrogen-bond acceptors (Lipinski definition) is 3. The molecule has 1 aliphatic carbocycles. The molecule has 1 saturated carbocycles. The number of amides is 2. The highest BCUT2D eigenvalue weighted by Crippen LogP contribution is 2.17. The van der Waals surface area contributed by atoms with E-state index in [1.165, 1.54) is 32.1 Å². The Hall–Kier alpha value is -1.75. The van der Waals surface area contributed by atoms with E-state index in [4.69, 9.17) is 4.74 Å². The van der Waals surface area contributed by atoms with Crippen LogP contribution in [-0.4, -0.2) is 37.8 Å². The van der Waals surface area contributed by atoms with Crippen LogP contribution in [0, 0.1) is 0 Å². The topological polar surface area (TPSA) is 62.4 Å². The van der Waals surface area contributed by atoms with Crippen LogP contribution in [0.1, 0.15) is 45.4 Å². The molecule has 24 heavy (non-hydrogen) atoms. The fourth-order valence-electron chi connectivity index (χ4n) is 2.96. The van der Waals surface area contributed by atoms with Crippen molar-refractivity contribution >= 4 is 6.03 Å². The Morgan fingerprint density at radius 1 is 1.17 bits per heavy atom. The molecule has 2 amide bonds. The zero-order chi connectivity index (χ0) is 17.0. The number of para-hydroxylation sites is 1. The molecule has 1 aliphatic rings. The summed E-state index contributed by atoms with van der Waals surface area (Å²) < 4.78 is 5.63. The Kier molecular flexibility index (Phi) is 8.46. The molecular weight excluding hydrogens is 302 g/mol. The van der Waals surface area contributed by atoms with Gasteiger partial charge >= 0.3 is 6.03 Å². The highest BCUT2D eigenvalue weighted by atomic mass is 16.5. The monoisotopic (exact) mass is 333 g/mol. The van der Waals surface area contributed by atoms with Crippen LogP contribution < -0.4 is 20.7 Å². The summed E-state index contributed by atoms with van der Waals surface area (Å²) in [5.74, 6) is 0.820. The van der Waals surface area contributed by atoms with Crippen molar-refractivity contribution in [3.8, 4) is 5.75 Å². The Morgan fingerprint density at radius 3 is 2.67 bits per heavy atom. The average Bonchev–Trinajstić information content (AvgIpc) is 2.61. The molecule has 1 aromatic rings. The van der Waals surface area contributed by atoms with E-state index in [2.05, 4.69) is 16.0 Å². The van der Waals surface area contributed by atoms with Crippen molar-refractivity contribution in [2.75, 3.05) is 19.7 Å². The van der Waals surface area contributed by atoms with Crippen molar-refractivity contribution in [1.29, 1.82) is 0 Å². The maximum Gasteiger partial charge on any atom is 0.315 e. The summed E-state index contributed by atoms with van der Waals surface area (Å²) in [5, 5.41) is 9.38. The fourth-order valence-corrected chi connectivity index (χ4v) is 2.96. The molecular formula is C19H31N3O2. The number of benzene rings is 1. The first kappa shape index (κ1) is 18.6. The van der Waals surface area contributed by atoms with Crippen molar-refractivity contribution in [1.82, 2.24) is 16.0 Å². The minimum atomic E-state index is -0.128. The van der Waals surface area contributed by atoms with Crippen LogP contribution in [0.4, 0.5) is 4.79 Å². The number of nitrogens with one attached hydrogen (secondary N) is 3. The molecule has 0 spiro atoms. The van der Waals surface area contributed by atoms with Crippen LogP contribution in [0.2, 0.25) is 0 Å². The normalized spacial score (nSPS) is 16.4. The number of urea groups is 1. The minimum Gasteiger partial charge on any atom is -0.491 e. The zero-order valence-electron chi connectivity index (χ0n) is 14.7. The Balaban J connectivity index is 1.48. The third-order valence-electron chi connectivity index (χ3n) is 4.30. The van der Waals surface area contributed by atoms with Gasteiger partial charge in [-0.15, -0.1) is 0 Å². The van der Waals surface area contributed by atoms with Gasteiger partial charge in [-0.1, -0.05) is 37.5 Å². The first-order chi connectivity index (χ1) is 11.7. The summed E-state index contributed by atoms with van der Waals surface area (Å²) in [6.07, 6.45) is 7.63. The van der Waals surface area contributed by atoms with Gasteiger partial charge in [-0.25, -0.2) is 4.79 Å². The highest BCUT2D eigenvalue weighted by molar-refractivity contribution is 5.74. The molecule has 5 heteroatoms. The maximum atomic E-state index is 11.8. The molecule has 0 heterocycles. The van der Waals surface area contributed by atoms with Gasteiger partial charge in [-0.05, 0) is 44.9 Å². The summed E-state index contributed by atoms with van der Waals surface area (Å²) in [5.41, 5.74) is 0. The van der Waals surface area contributed by atoms with E-state index >= 15 is 0 Å². The summed E-state index contributed by atoms with van der Waals surface area (Å²) in [4.78, 5) is 11.8. The van der Waals surface area contributed by atoms with Crippen molar-refractivity contribution in [3.05, 3.63) is 30.3 Å². The third kappa shape index (κ3) is 7.68. The quantitative estimate of drug-likeness (QED) is 0.609. The predicted octanol–water partition coefficient (Wildman–Crippen LogP) is 3.07. The molecule has 3 N–H and O–H groups in total. The summed E-state index contributed by atoms with van der Waals surface area (Å²) in [6, 6.07) is 10.1. The molecule has 5 nitrogen and oxygen atoms in total. The van der Waals surface area contributed by atoms with Gasteiger partial charge in [0.2, 0.25) is 0 Å². The number of carbonyl (C=O) groups is 1. The van der Waals surface area contributed by atoms with Gasteiger partial charge in [0.05, 0.1) is 6.04 Å². The largest absolute Gasteiger partial charge is 0.491 e. The summed E-state index contributed by atoms with van der Waals surface area (Å²) >= 11 is 0. The van der Waals surface area contributed by atoms with E-state index in [0.29, 0.717) is 19.2 Å². The van der Waals surface area contributed by atoms with Gasteiger partial charge in [-0.3, -0.25) is 0 Å². The first-order valence-corrected chi connectivity index (χ1v) is 9.19. The standard InChI is InChI=1S/C19H31N3O2/c1-16(15-24-18-11-6-3-7-12-18)22-19(23)21-14-8-13-20-17-9-4-2-5-10-17/h3,6-7,11-12,16-17,20H,2,4-5,8-10,13-15H2,1H3,(H2,21,22,23). The van der Waals surface area contributed by atoms with Crippen LogP contribution >= 0.6 is 0 Å². The SMILES string of the molecule is CC(COc1ccccc1)NC(=O)NCCCNC1CCCCC1. The number of ether oxygens (including phenoxy) is 1. The molecule has 0 saturated heterocycles. The van der Waals surface area contributed by atoms with Gasteiger partial charge in [0.1, 0.15) is 12.4 Å². The highest BCUT2D eigenvalue weighted by Gasteiger charge is 2.12. The van der Waals surface area contributed by atoms with Crippen LogP contribution in [0.5, 0.6) is 5.75 Å². The van der Waals surface area contributed by atoms with Crippen molar-refractivity contribution in [3.63, 3.8) is 0 Å². The van der Waals surface area contributed by atoms with Gasteiger partial charge in [0.15, 0.2) is 0 Å². The van der Waals surface area contributed by atoms with Gasteiger partial charge in [0.25, 0.3) is 0 Å². The van der Waals surface area contributed by atoms with Crippen LogP contribution in [0.3, 0.4) is 0 Å². The molecule has 1 aromatic carbocycles. The second-order valence-corrected chi connectivity index (χ2v) is 6.57. The minimum absolute atomic E-state index is 0.0365. The fraction of sp³-hybridized carbons (Fsp3) is 0.632. The second-order valence-electron chi connectivity index (χ2n) is 6.57. The molecule has 134 valence electrons. The predicted molar refractivity (Wildman–Crippen MR) is 97.4 cm³/mol. The van der Waals surface area contributed by atoms with E-state index in [1.54, 1.807) is 0 Å². The Morgan fingerprint density at radius 2 is 1.92 bits per heavy atom. The molecule has 0 radical (unpaired) electrons. The second kappa shape index (κ2) is 10.9. The molecule has 2 rings (SSSR count).